The zero-order chi connectivity index (χ0) is 15.0. The highest BCUT2D eigenvalue weighted by atomic mass is 16.2. The van der Waals surface area contributed by atoms with Crippen molar-refractivity contribution in [1.29, 1.82) is 0 Å². The number of amides is 1. The van der Waals surface area contributed by atoms with E-state index in [0.29, 0.717) is 12.3 Å². The van der Waals surface area contributed by atoms with E-state index in [9.17, 15) is 4.79 Å². The van der Waals surface area contributed by atoms with Gasteiger partial charge in [0, 0.05) is 6.04 Å². The maximum absolute atomic E-state index is 12.1. The van der Waals surface area contributed by atoms with Crippen LogP contribution in [0, 0.1) is 5.92 Å². The summed E-state index contributed by atoms with van der Waals surface area (Å²) in [6.07, 6.45) is 3.69. The fourth-order valence-electron chi connectivity index (χ4n) is 2.54. The van der Waals surface area contributed by atoms with Gasteiger partial charge in [0.1, 0.15) is 0 Å². The van der Waals surface area contributed by atoms with E-state index in [4.69, 9.17) is 5.73 Å². The molecule has 0 bridgehead atoms. The quantitative estimate of drug-likeness (QED) is 0.767. The second-order valence-corrected chi connectivity index (χ2v) is 5.50. The summed E-state index contributed by atoms with van der Waals surface area (Å²) >= 11 is 0. The van der Waals surface area contributed by atoms with Crippen molar-refractivity contribution in [2.24, 2.45) is 11.7 Å². The SMILES string of the molecule is CCC(CC)C(C)NC(=O)[C@@H](N)CCc1ccccc1. The van der Waals surface area contributed by atoms with Gasteiger partial charge in [-0.2, -0.15) is 0 Å². The number of rotatable bonds is 8. The van der Waals surface area contributed by atoms with Crippen molar-refractivity contribution in [2.45, 2.75) is 58.5 Å². The Morgan fingerprint density at radius 1 is 1.20 bits per heavy atom. The smallest absolute Gasteiger partial charge is 0.237 e. The van der Waals surface area contributed by atoms with Gasteiger partial charge in [-0.25, -0.2) is 0 Å². The molecule has 1 aromatic carbocycles. The summed E-state index contributed by atoms with van der Waals surface area (Å²) in [5, 5.41) is 3.05. The number of nitrogens with two attached hydrogens (primary N) is 1. The average Bonchev–Trinajstić information content (AvgIpc) is 2.47. The van der Waals surface area contributed by atoms with Crippen LogP contribution in [-0.4, -0.2) is 18.0 Å². The molecule has 0 aliphatic carbocycles. The third-order valence-electron chi connectivity index (χ3n) is 4.05. The molecule has 0 spiro atoms. The fraction of sp³-hybridized carbons (Fsp3) is 0.588. The minimum Gasteiger partial charge on any atom is -0.352 e. The Labute approximate surface area is 122 Å². The van der Waals surface area contributed by atoms with Crippen molar-refractivity contribution >= 4 is 5.91 Å². The first-order valence-electron chi connectivity index (χ1n) is 7.68. The molecule has 1 rings (SSSR count). The van der Waals surface area contributed by atoms with Crippen LogP contribution in [0.5, 0.6) is 0 Å². The van der Waals surface area contributed by atoms with Gasteiger partial charge in [-0.05, 0) is 31.2 Å². The van der Waals surface area contributed by atoms with E-state index in [1.54, 1.807) is 0 Å². The molecule has 0 saturated heterocycles. The summed E-state index contributed by atoms with van der Waals surface area (Å²) in [6.45, 7) is 6.39. The molecule has 0 fully saturated rings. The molecule has 0 radical (unpaired) electrons. The van der Waals surface area contributed by atoms with Crippen LogP contribution in [-0.2, 0) is 11.2 Å². The van der Waals surface area contributed by atoms with Gasteiger partial charge in [0.15, 0.2) is 0 Å². The summed E-state index contributed by atoms with van der Waals surface area (Å²) in [7, 11) is 0. The van der Waals surface area contributed by atoms with Crippen LogP contribution in [0.25, 0.3) is 0 Å². The summed E-state index contributed by atoms with van der Waals surface area (Å²) < 4.78 is 0. The highest BCUT2D eigenvalue weighted by molar-refractivity contribution is 5.81. The molecule has 20 heavy (non-hydrogen) atoms. The maximum Gasteiger partial charge on any atom is 0.237 e. The summed E-state index contributed by atoms with van der Waals surface area (Å²) in [6, 6.07) is 9.92. The predicted octanol–water partition coefficient (Wildman–Crippen LogP) is 2.89. The van der Waals surface area contributed by atoms with Gasteiger partial charge < -0.3 is 11.1 Å². The minimum atomic E-state index is -0.424. The number of hydrogen-bond donors (Lipinski definition) is 2. The molecule has 0 aliphatic rings. The molecule has 112 valence electrons. The van der Waals surface area contributed by atoms with E-state index >= 15 is 0 Å². The van der Waals surface area contributed by atoms with Crippen LogP contribution in [0.2, 0.25) is 0 Å². The number of carbonyl (C=O) groups is 1. The number of hydrogen-bond acceptors (Lipinski definition) is 2. The van der Waals surface area contributed by atoms with E-state index in [1.165, 1.54) is 5.56 Å². The van der Waals surface area contributed by atoms with Crippen LogP contribution < -0.4 is 11.1 Å². The molecule has 3 nitrogen and oxygen atoms in total. The van der Waals surface area contributed by atoms with E-state index in [1.807, 2.05) is 18.2 Å². The van der Waals surface area contributed by atoms with Gasteiger partial charge in [-0.15, -0.1) is 0 Å². The van der Waals surface area contributed by atoms with Gasteiger partial charge in [0.25, 0.3) is 0 Å². The van der Waals surface area contributed by atoms with Crippen molar-refractivity contribution in [3.63, 3.8) is 0 Å². The molecule has 1 aromatic rings. The summed E-state index contributed by atoms with van der Waals surface area (Å²) in [5.41, 5.74) is 7.21. The van der Waals surface area contributed by atoms with Crippen molar-refractivity contribution in [3.8, 4) is 0 Å². The number of nitrogens with one attached hydrogen (secondary N) is 1. The molecule has 0 saturated carbocycles. The molecule has 0 heterocycles. The third-order valence-corrected chi connectivity index (χ3v) is 4.05. The highest BCUT2D eigenvalue weighted by Crippen LogP contribution is 2.13. The molecular weight excluding hydrogens is 248 g/mol. The van der Waals surface area contributed by atoms with Gasteiger partial charge >= 0.3 is 0 Å². The van der Waals surface area contributed by atoms with Crippen LogP contribution in [0.3, 0.4) is 0 Å². The first kappa shape index (κ1) is 16.7. The van der Waals surface area contributed by atoms with Gasteiger partial charge in [0.2, 0.25) is 5.91 Å². The van der Waals surface area contributed by atoms with E-state index in [0.717, 1.165) is 19.3 Å². The van der Waals surface area contributed by atoms with E-state index in [2.05, 4.69) is 38.2 Å². The predicted molar refractivity (Wildman–Crippen MR) is 84.4 cm³/mol. The Hall–Kier alpha value is -1.35. The molecule has 3 heteroatoms. The zero-order valence-electron chi connectivity index (χ0n) is 12.9. The first-order valence-corrected chi connectivity index (χ1v) is 7.68. The number of benzene rings is 1. The maximum atomic E-state index is 12.1. The highest BCUT2D eigenvalue weighted by Gasteiger charge is 2.19. The fourth-order valence-corrected chi connectivity index (χ4v) is 2.54. The molecule has 1 unspecified atom stereocenters. The lowest BCUT2D eigenvalue weighted by molar-refractivity contribution is -0.123. The Balaban J connectivity index is 2.39. The summed E-state index contributed by atoms with van der Waals surface area (Å²) in [4.78, 5) is 12.1. The molecule has 3 N–H and O–H groups in total. The Kier molecular flexibility index (Phi) is 7.31. The van der Waals surface area contributed by atoms with E-state index < -0.39 is 6.04 Å². The van der Waals surface area contributed by atoms with Crippen molar-refractivity contribution in [2.75, 3.05) is 0 Å². The lowest BCUT2D eigenvalue weighted by atomic mass is 9.95. The molecule has 1 amide bonds. The van der Waals surface area contributed by atoms with Gasteiger partial charge in [-0.3, -0.25) is 4.79 Å². The second-order valence-electron chi connectivity index (χ2n) is 5.50. The first-order chi connectivity index (χ1) is 9.58. The molecular formula is C17H28N2O. The summed E-state index contributed by atoms with van der Waals surface area (Å²) in [5.74, 6) is 0.501. The number of carbonyl (C=O) groups excluding carboxylic acids is 1. The van der Waals surface area contributed by atoms with Crippen molar-refractivity contribution in [3.05, 3.63) is 35.9 Å². The lowest BCUT2D eigenvalue weighted by Gasteiger charge is -2.24. The van der Waals surface area contributed by atoms with Crippen LogP contribution in [0.15, 0.2) is 30.3 Å². The topological polar surface area (TPSA) is 55.1 Å². The lowest BCUT2D eigenvalue weighted by Crippen LogP contribution is -2.46. The Bertz CT molecular complexity index is 387. The van der Waals surface area contributed by atoms with Crippen molar-refractivity contribution < 1.29 is 4.79 Å². The third kappa shape index (κ3) is 5.33. The second kappa shape index (κ2) is 8.75. The molecule has 0 aliphatic heterocycles. The van der Waals surface area contributed by atoms with Gasteiger partial charge in [0.05, 0.1) is 6.04 Å². The van der Waals surface area contributed by atoms with Crippen LogP contribution >= 0.6 is 0 Å². The van der Waals surface area contributed by atoms with E-state index in [-0.39, 0.29) is 11.9 Å². The largest absolute Gasteiger partial charge is 0.352 e. The number of aryl methyl sites for hydroxylation is 1. The minimum absolute atomic E-state index is 0.0275. The standard InChI is InChI=1S/C17H28N2O/c1-4-15(5-2)13(3)19-17(20)16(18)12-11-14-9-7-6-8-10-14/h6-10,13,15-16H,4-5,11-12,18H2,1-3H3,(H,19,20)/t13?,16-/m0/s1. The molecule has 2 atom stereocenters. The van der Waals surface area contributed by atoms with Crippen LogP contribution in [0.4, 0.5) is 0 Å². The average molecular weight is 276 g/mol. The zero-order valence-corrected chi connectivity index (χ0v) is 12.9. The molecule has 0 aromatic heterocycles. The van der Waals surface area contributed by atoms with Crippen molar-refractivity contribution in [1.82, 2.24) is 5.32 Å². The Morgan fingerprint density at radius 3 is 2.35 bits per heavy atom. The van der Waals surface area contributed by atoms with Crippen LogP contribution in [0.1, 0.15) is 45.6 Å². The monoisotopic (exact) mass is 276 g/mol. The Morgan fingerprint density at radius 2 is 1.80 bits per heavy atom. The van der Waals surface area contributed by atoms with Gasteiger partial charge in [-0.1, -0.05) is 57.0 Å². The normalized spacial score (nSPS) is 14.1.